The van der Waals surface area contributed by atoms with Crippen LogP contribution in [0.15, 0.2) is 72.8 Å². The van der Waals surface area contributed by atoms with E-state index in [-0.39, 0.29) is 24.4 Å². The maximum Gasteiger partial charge on any atom is 0.231 e. The molecule has 1 unspecified atom stereocenters. The average Bonchev–Trinajstić information content (AvgIpc) is 3.27. The second-order valence-electron chi connectivity index (χ2n) is 7.67. The number of rotatable bonds is 8. The average molecular weight is 418 g/mol. The zero-order valence-corrected chi connectivity index (χ0v) is 17.7. The predicted molar refractivity (Wildman–Crippen MR) is 119 cm³/mol. The summed E-state index contributed by atoms with van der Waals surface area (Å²) < 4.78 is 11.0. The number of fused-ring (bicyclic) bond motifs is 1. The molecule has 4 rings (SSSR count). The van der Waals surface area contributed by atoms with Gasteiger partial charge in [-0.15, -0.1) is 0 Å². The summed E-state index contributed by atoms with van der Waals surface area (Å²) in [6, 6.07) is 23.3. The van der Waals surface area contributed by atoms with Gasteiger partial charge in [0.1, 0.15) is 5.75 Å². The van der Waals surface area contributed by atoms with Gasteiger partial charge in [-0.25, -0.2) is 0 Å². The van der Waals surface area contributed by atoms with Crippen molar-refractivity contribution in [3.8, 4) is 17.2 Å². The lowest BCUT2D eigenvalue weighted by Gasteiger charge is -2.26. The molecule has 31 heavy (non-hydrogen) atoms. The van der Waals surface area contributed by atoms with Gasteiger partial charge in [-0.2, -0.15) is 0 Å². The molecule has 1 aliphatic heterocycles. The fraction of sp³-hybridized carbons (Fsp3) is 0.269. The van der Waals surface area contributed by atoms with Gasteiger partial charge in [0, 0.05) is 31.0 Å². The number of phenolic OH excluding ortho intramolecular Hbond substituents is 1. The van der Waals surface area contributed by atoms with Crippen molar-refractivity contribution in [2.24, 2.45) is 0 Å². The molecular formula is C26H27NO4. The number of hydrogen-bond donors (Lipinski definition) is 1. The zero-order chi connectivity index (χ0) is 21.6. The van der Waals surface area contributed by atoms with Crippen molar-refractivity contribution in [2.45, 2.75) is 32.2 Å². The molecule has 0 bridgehead atoms. The van der Waals surface area contributed by atoms with E-state index in [0.717, 1.165) is 22.4 Å². The SMILES string of the molecule is CCC(=O)N(CCC(c1ccc2c(c1)OCO2)c1ccccc1O)Cc1ccccc1. The van der Waals surface area contributed by atoms with Crippen molar-refractivity contribution in [3.05, 3.63) is 89.5 Å². The molecule has 1 atom stereocenters. The lowest BCUT2D eigenvalue weighted by molar-refractivity contribution is -0.131. The second kappa shape index (κ2) is 9.56. The van der Waals surface area contributed by atoms with E-state index in [0.29, 0.717) is 31.7 Å². The molecule has 0 saturated heterocycles. The number of carbonyl (C=O) groups is 1. The van der Waals surface area contributed by atoms with Crippen LogP contribution in [0.25, 0.3) is 0 Å². The van der Waals surface area contributed by atoms with Crippen LogP contribution in [0, 0.1) is 0 Å². The summed E-state index contributed by atoms with van der Waals surface area (Å²) in [5, 5.41) is 10.6. The summed E-state index contributed by atoms with van der Waals surface area (Å²) in [6.45, 7) is 3.26. The van der Waals surface area contributed by atoms with Crippen molar-refractivity contribution < 1.29 is 19.4 Å². The number of para-hydroxylation sites is 1. The molecule has 0 aliphatic carbocycles. The Morgan fingerprint density at radius 1 is 1.00 bits per heavy atom. The van der Waals surface area contributed by atoms with E-state index in [4.69, 9.17) is 9.47 Å². The number of nitrogens with zero attached hydrogens (tertiary/aromatic N) is 1. The molecule has 0 radical (unpaired) electrons. The summed E-state index contributed by atoms with van der Waals surface area (Å²) in [4.78, 5) is 14.6. The molecule has 1 aliphatic rings. The Kier molecular flexibility index (Phi) is 6.41. The van der Waals surface area contributed by atoms with Crippen LogP contribution in [0.2, 0.25) is 0 Å². The number of phenols is 1. The third kappa shape index (κ3) is 4.82. The number of aromatic hydroxyl groups is 1. The molecule has 0 saturated carbocycles. The first-order chi connectivity index (χ1) is 15.2. The molecule has 1 N–H and O–H groups in total. The van der Waals surface area contributed by atoms with Crippen LogP contribution in [0.5, 0.6) is 17.2 Å². The van der Waals surface area contributed by atoms with Crippen molar-refractivity contribution >= 4 is 5.91 Å². The van der Waals surface area contributed by atoms with Crippen LogP contribution in [0.3, 0.4) is 0 Å². The fourth-order valence-corrected chi connectivity index (χ4v) is 4.02. The molecular weight excluding hydrogens is 390 g/mol. The maximum atomic E-state index is 12.7. The molecule has 3 aromatic rings. The monoisotopic (exact) mass is 417 g/mol. The van der Waals surface area contributed by atoms with Crippen molar-refractivity contribution in [1.82, 2.24) is 4.90 Å². The molecule has 1 amide bonds. The van der Waals surface area contributed by atoms with E-state index in [2.05, 4.69) is 0 Å². The van der Waals surface area contributed by atoms with E-state index in [1.165, 1.54) is 0 Å². The minimum absolute atomic E-state index is 0.0846. The summed E-state index contributed by atoms with van der Waals surface area (Å²) in [6.07, 6.45) is 1.13. The van der Waals surface area contributed by atoms with Gasteiger partial charge in [0.2, 0.25) is 12.7 Å². The van der Waals surface area contributed by atoms with Gasteiger partial charge in [-0.05, 0) is 35.7 Å². The molecule has 5 nitrogen and oxygen atoms in total. The minimum Gasteiger partial charge on any atom is -0.508 e. The van der Waals surface area contributed by atoms with Crippen LogP contribution in [-0.4, -0.2) is 29.3 Å². The molecule has 5 heteroatoms. The van der Waals surface area contributed by atoms with Crippen LogP contribution >= 0.6 is 0 Å². The zero-order valence-electron chi connectivity index (χ0n) is 17.7. The van der Waals surface area contributed by atoms with Gasteiger partial charge in [-0.1, -0.05) is 61.5 Å². The highest BCUT2D eigenvalue weighted by Crippen LogP contribution is 2.39. The van der Waals surface area contributed by atoms with Crippen LogP contribution < -0.4 is 9.47 Å². The summed E-state index contributed by atoms with van der Waals surface area (Å²) in [7, 11) is 0. The molecule has 160 valence electrons. The minimum atomic E-state index is -0.0846. The van der Waals surface area contributed by atoms with Crippen molar-refractivity contribution in [2.75, 3.05) is 13.3 Å². The standard InChI is InChI=1S/C26H27NO4/c1-2-26(29)27(17-19-8-4-3-5-9-19)15-14-21(22-10-6-7-11-23(22)28)20-12-13-24-25(16-20)31-18-30-24/h3-13,16,21,28H,2,14-15,17-18H2,1H3. The molecule has 0 fully saturated rings. The largest absolute Gasteiger partial charge is 0.508 e. The van der Waals surface area contributed by atoms with Crippen molar-refractivity contribution in [3.63, 3.8) is 0 Å². The number of amides is 1. The Labute approximate surface area is 182 Å². The molecule has 1 heterocycles. The topological polar surface area (TPSA) is 59.0 Å². The van der Waals surface area contributed by atoms with E-state index in [1.54, 1.807) is 6.07 Å². The Morgan fingerprint density at radius 2 is 1.74 bits per heavy atom. The Balaban J connectivity index is 1.60. The summed E-state index contributed by atoms with van der Waals surface area (Å²) >= 11 is 0. The van der Waals surface area contributed by atoms with E-state index in [1.807, 2.05) is 78.6 Å². The van der Waals surface area contributed by atoms with Gasteiger partial charge >= 0.3 is 0 Å². The summed E-state index contributed by atoms with van der Waals surface area (Å²) in [5.41, 5.74) is 2.96. The van der Waals surface area contributed by atoms with Gasteiger partial charge < -0.3 is 19.5 Å². The number of hydrogen-bond acceptors (Lipinski definition) is 4. The Morgan fingerprint density at radius 3 is 2.52 bits per heavy atom. The Hall–Kier alpha value is -3.47. The fourth-order valence-electron chi connectivity index (χ4n) is 4.02. The highest BCUT2D eigenvalue weighted by molar-refractivity contribution is 5.75. The van der Waals surface area contributed by atoms with Gasteiger partial charge in [0.25, 0.3) is 0 Å². The molecule has 3 aromatic carbocycles. The quantitative estimate of drug-likeness (QED) is 0.555. The van der Waals surface area contributed by atoms with Gasteiger partial charge in [-0.3, -0.25) is 4.79 Å². The number of benzene rings is 3. The summed E-state index contributed by atoms with van der Waals surface area (Å²) in [5.74, 6) is 1.72. The first-order valence-electron chi connectivity index (χ1n) is 10.6. The number of carbonyl (C=O) groups excluding carboxylic acids is 1. The predicted octanol–water partition coefficient (Wildman–Crippen LogP) is 5.08. The first-order valence-corrected chi connectivity index (χ1v) is 10.6. The maximum absolute atomic E-state index is 12.7. The van der Waals surface area contributed by atoms with E-state index >= 15 is 0 Å². The van der Waals surface area contributed by atoms with Gasteiger partial charge in [0.05, 0.1) is 0 Å². The first kappa shape index (κ1) is 20.8. The highest BCUT2D eigenvalue weighted by Gasteiger charge is 2.23. The highest BCUT2D eigenvalue weighted by atomic mass is 16.7. The van der Waals surface area contributed by atoms with Crippen LogP contribution in [-0.2, 0) is 11.3 Å². The van der Waals surface area contributed by atoms with Crippen LogP contribution in [0.1, 0.15) is 42.4 Å². The van der Waals surface area contributed by atoms with E-state index < -0.39 is 0 Å². The lowest BCUT2D eigenvalue weighted by Crippen LogP contribution is -2.31. The normalized spacial score (nSPS) is 13.1. The van der Waals surface area contributed by atoms with Crippen LogP contribution in [0.4, 0.5) is 0 Å². The lowest BCUT2D eigenvalue weighted by atomic mass is 9.87. The Bertz CT molecular complexity index is 1030. The van der Waals surface area contributed by atoms with E-state index in [9.17, 15) is 9.90 Å². The third-order valence-electron chi connectivity index (χ3n) is 5.67. The smallest absolute Gasteiger partial charge is 0.231 e. The van der Waals surface area contributed by atoms with Crippen molar-refractivity contribution in [1.29, 1.82) is 0 Å². The molecule has 0 spiro atoms. The molecule has 0 aromatic heterocycles. The van der Waals surface area contributed by atoms with Gasteiger partial charge in [0.15, 0.2) is 11.5 Å². The number of ether oxygens (including phenoxy) is 2. The third-order valence-corrected chi connectivity index (χ3v) is 5.67. The second-order valence-corrected chi connectivity index (χ2v) is 7.67.